The van der Waals surface area contributed by atoms with Gasteiger partial charge in [-0.15, -0.1) is 0 Å². The number of likely N-dealkylation sites (tertiary alicyclic amines) is 1. The van der Waals surface area contributed by atoms with E-state index in [0.717, 1.165) is 31.5 Å². The lowest BCUT2D eigenvalue weighted by atomic mass is 9.96. The van der Waals surface area contributed by atoms with E-state index >= 15 is 0 Å². The summed E-state index contributed by atoms with van der Waals surface area (Å²) in [7, 11) is 0. The molecule has 0 unspecified atom stereocenters. The van der Waals surface area contributed by atoms with Gasteiger partial charge in [0.05, 0.1) is 11.1 Å². The van der Waals surface area contributed by atoms with Crippen molar-refractivity contribution < 1.29 is 14.1 Å². The van der Waals surface area contributed by atoms with Crippen LogP contribution in [-0.4, -0.2) is 35.0 Å². The third-order valence-electron chi connectivity index (χ3n) is 4.77. The second-order valence-electron chi connectivity index (χ2n) is 6.76. The Morgan fingerprint density at radius 3 is 2.43 bits per heavy atom. The Morgan fingerprint density at radius 2 is 1.82 bits per heavy atom. The predicted octanol–water partition coefficient (Wildman–Crippen LogP) is 3.10. The zero-order valence-electron chi connectivity index (χ0n) is 15.3. The molecule has 1 amide bonds. The molecule has 1 heterocycles. The third kappa shape index (κ3) is 5.43. The molecule has 2 aromatic carbocycles. The quantitative estimate of drug-likeness (QED) is 0.471. The summed E-state index contributed by atoms with van der Waals surface area (Å²) in [6, 6.07) is 12.4. The number of hydrogen-bond donors (Lipinski definition) is 1. The predicted molar refractivity (Wildman–Crippen MR) is 103 cm³/mol. The minimum atomic E-state index is -0.410. The van der Waals surface area contributed by atoms with E-state index < -0.39 is 4.92 Å². The van der Waals surface area contributed by atoms with Crippen molar-refractivity contribution in [1.82, 2.24) is 10.3 Å². The lowest BCUT2D eigenvalue weighted by molar-refractivity contribution is -0.384. The van der Waals surface area contributed by atoms with Gasteiger partial charge in [-0.3, -0.25) is 19.8 Å². The molecule has 0 bridgehead atoms. The van der Waals surface area contributed by atoms with Gasteiger partial charge in [0.2, 0.25) is 5.91 Å². The van der Waals surface area contributed by atoms with Crippen molar-refractivity contribution >= 4 is 17.8 Å². The minimum absolute atomic E-state index is 0.0836. The van der Waals surface area contributed by atoms with Crippen molar-refractivity contribution in [1.29, 1.82) is 0 Å². The molecule has 0 saturated carbocycles. The number of piperidine rings is 1. The molecule has 0 radical (unpaired) electrons. The molecular weight excluding hydrogens is 363 g/mol. The topological polar surface area (TPSA) is 87.8 Å². The first kappa shape index (κ1) is 19.6. The van der Waals surface area contributed by atoms with E-state index in [1.54, 1.807) is 24.3 Å². The number of hydrazone groups is 1. The summed E-state index contributed by atoms with van der Waals surface area (Å²) in [5.41, 5.74) is 4.35. The van der Waals surface area contributed by atoms with Crippen molar-refractivity contribution in [3.63, 3.8) is 0 Å². The van der Waals surface area contributed by atoms with E-state index in [1.165, 1.54) is 30.5 Å². The van der Waals surface area contributed by atoms with Crippen molar-refractivity contribution in [2.75, 3.05) is 13.1 Å². The molecule has 1 saturated heterocycles. The molecular formula is C20H21FN4O3. The van der Waals surface area contributed by atoms with Crippen LogP contribution in [-0.2, 0) is 11.3 Å². The Balaban J connectivity index is 1.43. The first-order valence-corrected chi connectivity index (χ1v) is 9.05. The van der Waals surface area contributed by atoms with Crippen molar-refractivity contribution in [2.24, 2.45) is 11.0 Å². The number of carbonyl (C=O) groups excluding carboxylic acids is 1. The fourth-order valence-electron chi connectivity index (χ4n) is 3.15. The van der Waals surface area contributed by atoms with Gasteiger partial charge in [0.15, 0.2) is 0 Å². The van der Waals surface area contributed by atoms with Crippen LogP contribution in [0.3, 0.4) is 0 Å². The first-order chi connectivity index (χ1) is 13.5. The summed E-state index contributed by atoms with van der Waals surface area (Å²) in [5.74, 6) is -0.534. The molecule has 28 heavy (non-hydrogen) atoms. The van der Waals surface area contributed by atoms with E-state index in [1.807, 2.05) is 0 Å². The Bertz CT molecular complexity index is 845. The summed E-state index contributed by atoms with van der Waals surface area (Å²) in [5, 5.41) is 14.6. The fourth-order valence-corrected chi connectivity index (χ4v) is 3.15. The van der Waals surface area contributed by atoms with E-state index in [9.17, 15) is 19.3 Å². The maximum atomic E-state index is 12.9. The molecule has 7 nitrogen and oxygen atoms in total. The zero-order valence-corrected chi connectivity index (χ0v) is 15.3. The Hall–Kier alpha value is -3.13. The summed E-state index contributed by atoms with van der Waals surface area (Å²) in [6.45, 7) is 2.25. The standard InChI is InChI=1S/C20H21FN4O3/c21-18-5-1-15(2-6-18)13-22-23-20(26)17-9-11-24(12-10-17)14-16-3-7-19(8-4-16)25(27)28/h1-8,13,17H,9-12,14H2,(H,23,26)/b22-13-. The third-order valence-corrected chi connectivity index (χ3v) is 4.77. The maximum absolute atomic E-state index is 12.9. The van der Waals surface area contributed by atoms with Crippen LogP contribution in [0.15, 0.2) is 53.6 Å². The van der Waals surface area contributed by atoms with Crippen LogP contribution in [0.5, 0.6) is 0 Å². The van der Waals surface area contributed by atoms with E-state index in [2.05, 4.69) is 15.4 Å². The minimum Gasteiger partial charge on any atom is -0.299 e. The number of halogens is 1. The molecule has 2 aromatic rings. The van der Waals surface area contributed by atoms with Gasteiger partial charge in [-0.2, -0.15) is 5.10 Å². The normalized spacial score (nSPS) is 15.6. The molecule has 1 N–H and O–H groups in total. The zero-order chi connectivity index (χ0) is 19.9. The average molecular weight is 384 g/mol. The van der Waals surface area contributed by atoms with Crippen LogP contribution in [0.2, 0.25) is 0 Å². The number of carbonyl (C=O) groups is 1. The number of benzene rings is 2. The Labute approximate surface area is 162 Å². The number of rotatable bonds is 6. The molecule has 1 fully saturated rings. The van der Waals surface area contributed by atoms with Crippen molar-refractivity contribution in [3.8, 4) is 0 Å². The van der Waals surface area contributed by atoms with E-state index in [0.29, 0.717) is 12.1 Å². The Kier molecular flexibility index (Phi) is 6.44. The van der Waals surface area contributed by atoms with Crippen LogP contribution in [0.25, 0.3) is 0 Å². The van der Waals surface area contributed by atoms with Gasteiger partial charge in [-0.25, -0.2) is 9.82 Å². The number of hydrogen-bond acceptors (Lipinski definition) is 5. The largest absolute Gasteiger partial charge is 0.299 e. The number of non-ortho nitro benzene ring substituents is 1. The molecule has 0 spiro atoms. The lowest BCUT2D eigenvalue weighted by Crippen LogP contribution is -2.39. The number of nitro benzene ring substituents is 1. The van der Waals surface area contributed by atoms with Gasteiger partial charge in [-0.05, 0) is 49.2 Å². The molecule has 0 atom stereocenters. The lowest BCUT2D eigenvalue weighted by Gasteiger charge is -2.30. The van der Waals surface area contributed by atoms with E-state index in [-0.39, 0.29) is 23.3 Å². The molecule has 0 aromatic heterocycles. The molecule has 0 aliphatic carbocycles. The van der Waals surface area contributed by atoms with Crippen LogP contribution in [0.4, 0.5) is 10.1 Å². The number of amides is 1. The van der Waals surface area contributed by atoms with Gasteiger partial charge in [-0.1, -0.05) is 24.3 Å². The Morgan fingerprint density at radius 1 is 1.18 bits per heavy atom. The van der Waals surface area contributed by atoms with Gasteiger partial charge in [0.25, 0.3) is 5.69 Å². The molecule has 1 aliphatic rings. The molecule has 1 aliphatic heterocycles. The smallest absolute Gasteiger partial charge is 0.269 e. The second kappa shape index (κ2) is 9.18. The van der Waals surface area contributed by atoms with Crippen molar-refractivity contribution in [2.45, 2.75) is 19.4 Å². The highest BCUT2D eigenvalue weighted by Crippen LogP contribution is 2.20. The second-order valence-corrected chi connectivity index (χ2v) is 6.76. The van der Waals surface area contributed by atoms with Gasteiger partial charge < -0.3 is 0 Å². The van der Waals surface area contributed by atoms with Crippen LogP contribution in [0.1, 0.15) is 24.0 Å². The van der Waals surface area contributed by atoms with E-state index in [4.69, 9.17) is 0 Å². The fraction of sp³-hybridized carbons (Fsp3) is 0.300. The average Bonchev–Trinajstić information content (AvgIpc) is 2.70. The van der Waals surface area contributed by atoms with Crippen LogP contribution >= 0.6 is 0 Å². The number of nitrogens with one attached hydrogen (secondary N) is 1. The summed E-state index contributed by atoms with van der Waals surface area (Å²) >= 11 is 0. The highest BCUT2D eigenvalue weighted by Gasteiger charge is 2.24. The highest BCUT2D eigenvalue weighted by atomic mass is 19.1. The van der Waals surface area contributed by atoms with Crippen molar-refractivity contribution in [3.05, 3.63) is 75.6 Å². The monoisotopic (exact) mass is 384 g/mol. The maximum Gasteiger partial charge on any atom is 0.269 e. The number of nitro groups is 1. The summed E-state index contributed by atoms with van der Waals surface area (Å²) in [6.07, 6.45) is 2.94. The van der Waals surface area contributed by atoms with Gasteiger partial charge in [0, 0.05) is 24.6 Å². The van der Waals surface area contributed by atoms with Crippen LogP contribution < -0.4 is 5.43 Å². The van der Waals surface area contributed by atoms with Crippen LogP contribution in [0, 0.1) is 21.8 Å². The molecule has 8 heteroatoms. The summed E-state index contributed by atoms with van der Waals surface area (Å²) in [4.78, 5) is 24.8. The van der Waals surface area contributed by atoms with Gasteiger partial charge in [0.1, 0.15) is 5.82 Å². The number of nitrogens with zero attached hydrogens (tertiary/aromatic N) is 3. The highest BCUT2D eigenvalue weighted by molar-refractivity contribution is 5.83. The molecule has 3 rings (SSSR count). The summed E-state index contributed by atoms with van der Waals surface area (Å²) < 4.78 is 12.9. The SMILES string of the molecule is O=C(N/N=C\c1ccc(F)cc1)C1CCN(Cc2ccc([N+](=O)[O-])cc2)CC1. The molecule has 146 valence electrons. The van der Waals surface area contributed by atoms with Gasteiger partial charge >= 0.3 is 0 Å². The first-order valence-electron chi connectivity index (χ1n) is 9.05.